The lowest BCUT2D eigenvalue weighted by Gasteiger charge is -2.57. The van der Waals surface area contributed by atoms with E-state index in [1.807, 2.05) is 20.8 Å². The first-order valence-corrected chi connectivity index (χ1v) is 10.5. The average Bonchev–Trinajstić information content (AvgIpc) is 3.34. The Balaban J connectivity index is 1.62. The maximum Gasteiger partial charge on any atom is 0.190 e. The predicted octanol–water partition coefficient (Wildman–Crippen LogP) is 2.14. The van der Waals surface area contributed by atoms with E-state index in [-0.39, 0.29) is 36.1 Å². The number of rotatable bonds is 2. The van der Waals surface area contributed by atoms with Crippen molar-refractivity contribution in [2.45, 2.75) is 76.4 Å². The van der Waals surface area contributed by atoms with Crippen LogP contribution in [0, 0.1) is 28.6 Å². The second kappa shape index (κ2) is 5.32. The molecule has 4 aliphatic carbocycles. The van der Waals surface area contributed by atoms with Crippen LogP contribution in [-0.2, 0) is 14.3 Å². The molecular weight excluding hydrogens is 363 g/mol. The van der Waals surface area contributed by atoms with Crippen LogP contribution >= 0.6 is 0 Å². The number of Topliss-reactive ketones (excluding diaryl/α,β-unsaturated/α-hetero) is 1. The first-order chi connectivity index (χ1) is 13.1. The maximum atomic E-state index is 15.3. The number of ether oxygens (including phenoxy) is 1. The van der Waals surface area contributed by atoms with Gasteiger partial charge < -0.3 is 14.9 Å². The summed E-state index contributed by atoms with van der Waals surface area (Å²) in [4.78, 5) is 24.6. The molecule has 5 aliphatic rings. The van der Waals surface area contributed by atoms with Gasteiger partial charge in [-0.15, -0.1) is 0 Å². The number of aliphatic hydroxyl groups excluding tert-OH is 1. The lowest BCUT2D eigenvalue weighted by molar-refractivity contribution is -0.167. The molecule has 3 saturated carbocycles. The molecule has 4 fully saturated rings. The summed E-state index contributed by atoms with van der Waals surface area (Å²) in [7, 11) is 0. The van der Waals surface area contributed by atoms with Gasteiger partial charge in [0.1, 0.15) is 24.0 Å². The summed E-state index contributed by atoms with van der Waals surface area (Å²) >= 11 is 0. The summed E-state index contributed by atoms with van der Waals surface area (Å²) in [6.07, 6.45) is 2.55. The van der Waals surface area contributed by atoms with Crippen molar-refractivity contribution in [1.29, 1.82) is 0 Å². The van der Waals surface area contributed by atoms with Gasteiger partial charge in [0.25, 0.3) is 0 Å². The zero-order valence-electron chi connectivity index (χ0n) is 16.7. The van der Waals surface area contributed by atoms with Gasteiger partial charge in [0, 0.05) is 17.3 Å². The predicted molar refractivity (Wildman–Crippen MR) is 98.1 cm³/mol. The van der Waals surface area contributed by atoms with E-state index in [0.717, 1.165) is 0 Å². The van der Waals surface area contributed by atoms with Crippen molar-refractivity contribution in [3.8, 4) is 0 Å². The van der Waals surface area contributed by atoms with Crippen molar-refractivity contribution in [3.63, 3.8) is 0 Å². The van der Waals surface area contributed by atoms with Crippen LogP contribution in [-0.4, -0.2) is 51.9 Å². The molecule has 9 atom stereocenters. The summed E-state index contributed by atoms with van der Waals surface area (Å²) in [5.74, 6) is -1.02. The number of epoxide rings is 1. The molecule has 6 heteroatoms. The zero-order chi connectivity index (χ0) is 20.3. The Kier molecular flexibility index (Phi) is 3.59. The van der Waals surface area contributed by atoms with Gasteiger partial charge in [0.2, 0.25) is 0 Å². The summed E-state index contributed by atoms with van der Waals surface area (Å²) in [6, 6.07) is 0. The summed E-state index contributed by atoms with van der Waals surface area (Å²) in [5, 5.41) is 21.0. The van der Waals surface area contributed by atoms with Crippen molar-refractivity contribution in [1.82, 2.24) is 0 Å². The third-order valence-corrected chi connectivity index (χ3v) is 9.47. The highest BCUT2D eigenvalue weighted by Gasteiger charge is 2.83. The van der Waals surface area contributed by atoms with Crippen LogP contribution in [0.3, 0.4) is 0 Å². The molecule has 5 nitrogen and oxygen atoms in total. The van der Waals surface area contributed by atoms with E-state index in [4.69, 9.17) is 4.74 Å². The number of hydrogen-bond donors (Lipinski definition) is 2. The number of fused-ring (bicyclic) bond motifs is 3. The van der Waals surface area contributed by atoms with Crippen LogP contribution in [0.2, 0.25) is 0 Å². The van der Waals surface area contributed by atoms with Crippen LogP contribution in [0.1, 0.15) is 52.9 Å². The monoisotopic (exact) mass is 392 g/mol. The van der Waals surface area contributed by atoms with Crippen molar-refractivity contribution >= 4 is 11.6 Å². The molecule has 0 aromatic heterocycles. The fourth-order valence-electron chi connectivity index (χ4n) is 8.05. The van der Waals surface area contributed by atoms with E-state index in [1.165, 1.54) is 6.08 Å². The number of aliphatic hydroxyl groups is 2. The SMILES string of the molecule is CC1C[C@H]2[C@@H]3CC(F)C4=CC(=O)CC[C@]4(C)[C@]34OC4C[C@]2(C)[C@@]1(O)C(=O)CO. The minimum Gasteiger partial charge on any atom is -0.388 e. The van der Waals surface area contributed by atoms with Gasteiger partial charge in [-0.3, -0.25) is 9.59 Å². The van der Waals surface area contributed by atoms with E-state index in [1.54, 1.807) is 0 Å². The Labute approximate surface area is 164 Å². The van der Waals surface area contributed by atoms with E-state index in [2.05, 4.69) is 0 Å². The van der Waals surface area contributed by atoms with Crippen LogP contribution in [0.4, 0.5) is 4.39 Å². The molecule has 1 saturated heterocycles. The maximum absolute atomic E-state index is 15.3. The van der Waals surface area contributed by atoms with E-state index < -0.39 is 40.6 Å². The largest absolute Gasteiger partial charge is 0.388 e. The lowest BCUT2D eigenvalue weighted by atomic mass is 9.45. The molecule has 3 unspecified atom stereocenters. The Morgan fingerprint density at radius 2 is 2.04 bits per heavy atom. The quantitative estimate of drug-likeness (QED) is 0.703. The molecule has 0 aromatic rings. The minimum absolute atomic E-state index is 0.0137. The summed E-state index contributed by atoms with van der Waals surface area (Å²) < 4.78 is 21.7. The number of carbonyl (C=O) groups is 2. The van der Waals surface area contributed by atoms with Crippen LogP contribution in [0.25, 0.3) is 0 Å². The van der Waals surface area contributed by atoms with Crippen LogP contribution in [0.15, 0.2) is 11.6 Å². The zero-order valence-corrected chi connectivity index (χ0v) is 16.7. The summed E-state index contributed by atoms with van der Waals surface area (Å²) in [6.45, 7) is 5.13. The molecule has 154 valence electrons. The van der Waals surface area contributed by atoms with Crippen LogP contribution < -0.4 is 0 Å². The Morgan fingerprint density at radius 1 is 1.32 bits per heavy atom. The summed E-state index contributed by atoms with van der Waals surface area (Å²) in [5.41, 5.74) is -2.79. The second-order valence-corrected chi connectivity index (χ2v) is 10.3. The molecule has 0 bridgehead atoms. The minimum atomic E-state index is -1.62. The Hall–Kier alpha value is -1.11. The van der Waals surface area contributed by atoms with Gasteiger partial charge in [-0.05, 0) is 55.1 Å². The molecule has 1 heterocycles. The van der Waals surface area contributed by atoms with Gasteiger partial charge >= 0.3 is 0 Å². The number of carbonyl (C=O) groups excluding carboxylic acids is 2. The highest BCUT2D eigenvalue weighted by atomic mass is 19.1. The van der Waals surface area contributed by atoms with Gasteiger partial charge in [0.15, 0.2) is 11.6 Å². The van der Waals surface area contributed by atoms with Crippen molar-refractivity contribution in [2.24, 2.45) is 28.6 Å². The number of alkyl halides is 1. The molecule has 0 amide bonds. The highest BCUT2D eigenvalue weighted by molar-refractivity contribution is 5.92. The second-order valence-electron chi connectivity index (χ2n) is 10.3. The third kappa shape index (κ3) is 1.80. The fraction of sp³-hybridized carbons (Fsp3) is 0.818. The van der Waals surface area contributed by atoms with Crippen molar-refractivity contribution < 1.29 is 28.9 Å². The van der Waals surface area contributed by atoms with Gasteiger partial charge in [-0.2, -0.15) is 0 Å². The standard InChI is InChI=1S/C22H29FO5/c1-11-6-13-14-8-16(23)15-7-12(25)4-5-19(15,2)22(14)18(28-22)9-20(13,3)21(11,27)17(26)10-24/h7,11,13-14,16,18,24,27H,4-6,8-10H2,1-3H3/t11?,13-,14-,16?,18?,19-,20-,21-,22-/m0/s1. The normalized spacial score (nSPS) is 56.9. The Morgan fingerprint density at radius 3 is 2.71 bits per heavy atom. The number of halogens is 1. The topological polar surface area (TPSA) is 87.1 Å². The molecular formula is C22H29FO5. The van der Waals surface area contributed by atoms with Crippen molar-refractivity contribution in [3.05, 3.63) is 11.6 Å². The molecule has 0 aromatic carbocycles. The van der Waals surface area contributed by atoms with Gasteiger partial charge in [-0.1, -0.05) is 20.8 Å². The smallest absolute Gasteiger partial charge is 0.190 e. The first kappa shape index (κ1) is 18.9. The fourth-order valence-corrected chi connectivity index (χ4v) is 8.05. The van der Waals surface area contributed by atoms with E-state index in [9.17, 15) is 19.8 Å². The molecule has 0 radical (unpaired) electrons. The third-order valence-electron chi connectivity index (χ3n) is 9.47. The van der Waals surface area contributed by atoms with Crippen LogP contribution in [0.5, 0.6) is 0 Å². The average molecular weight is 392 g/mol. The molecule has 2 N–H and O–H groups in total. The number of ketones is 2. The van der Waals surface area contributed by atoms with Gasteiger partial charge in [-0.25, -0.2) is 4.39 Å². The molecule has 5 rings (SSSR count). The molecule has 1 spiro atoms. The van der Waals surface area contributed by atoms with Crippen molar-refractivity contribution in [2.75, 3.05) is 6.61 Å². The molecule has 28 heavy (non-hydrogen) atoms. The van der Waals surface area contributed by atoms with E-state index in [0.29, 0.717) is 31.3 Å². The lowest BCUT2D eigenvalue weighted by Crippen LogP contribution is -2.63. The van der Waals surface area contributed by atoms with E-state index >= 15 is 4.39 Å². The molecule has 1 aliphatic heterocycles. The first-order valence-electron chi connectivity index (χ1n) is 10.5. The Bertz CT molecular complexity index is 809. The number of hydrogen-bond acceptors (Lipinski definition) is 5. The van der Waals surface area contributed by atoms with Gasteiger partial charge in [0.05, 0.1) is 6.10 Å². The highest BCUT2D eigenvalue weighted by Crippen LogP contribution is 2.77.